The summed E-state index contributed by atoms with van der Waals surface area (Å²) in [6, 6.07) is 10.8. The molecule has 19 heavy (non-hydrogen) atoms. The first kappa shape index (κ1) is 13.0. The van der Waals surface area contributed by atoms with Crippen molar-refractivity contribution in [3.8, 4) is 0 Å². The van der Waals surface area contributed by atoms with Gasteiger partial charge in [-0.15, -0.1) is 0 Å². The highest BCUT2D eigenvalue weighted by Gasteiger charge is 2.36. The van der Waals surface area contributed by atoms with Gasteiger partial charge in [-0.1, -0.05) is 42.1 Å². The van der Waals surface area contributed by atoms with Crippen molar-refractivity contribution in [1.29, 1.82) is 0 Å². The summed E-state index contributed by atoms with van der Waals surface area (Å²) in [6.07, 6.45) is 2.08. The molecule has 2 heterocycles. The van der Waals surface area contributed by atoms with Crippen molar-refractivity contribution in [3.63, 3.8) is 0 Å². The monoisotopic (exact) mass is 275 g/mol. The maximum Gasteiger partial charge on any atom is 0.126 e. The molecule has 0 amide bonds. The molecule has 1 fully saturated rings. The fourth-order valence-electron chi connectivity index (χ4n) is 2.71. The van der Waals surface area contributed by atoms with Crippen LogP contribution in [-0.4, -0.2) is 49.6 Å². The van der Waals surface area contributed by atoms with E-state index in [1.165, 1.54) is 18.7 Å². The van der Waals surface area contributed by atoms with Crippen LogP contribution in [0, 0.1) is 0 Å². The lowest BCUT2D eigenvalue weighted by molar-refractivity contribution is 0.139. The van der Waals surface area contributed by atoms with E-state index in [0.29, 0.717) is 0 Å². The second-order valence-electron chi connectivity index (χ2n) is 5.34. The van der Waals surface area contributed by atoms with E-state index in [1.54, 1.807) is 0 Å². The molecule has 3 rings (SSSR count). The van der Waals surface area contributed by atoms with Crippen molar-refractivity contribution in [2.45, 2.75) is 4.87 Å². The van der Waals surface area contributed by atoms with Crippen LogP contribution in [0.25, 0.3) is 0 Å². The van der Waals surface area contributed by atoms with E-state index in [0.717, 1.165) is 19.6 Å². The van der Waals surface area contributed by atoms with E-state index in [9.17, 15) is 0 Å². The van der Waals surface area contributed by atoms with Gasteiger partial charge < -0.3 is 10.2 Å². The molecule has 1 aromatic carbocycles. The van der Waals surface area contributed by atoms with Crippen LogP contribution in [0.4, 0.5) is 0 Å². The number of nitrogens with zero attached hydrogens (tertiary/aromatic N) is 2. The third kappa shape index (κ3) is 2.81. The molecule has 0 spiro atoms. The van der Waals surface area contributed by atoms with Gasteiger partial charge in [-0.05, 0) is 18.0 Å². The standard InChI is InChI=1S/C15H21N3S/c1-17-8-10-18(11-9-17)13-15(16-7-12-19-15)14-5-3-2-4-6-14/h2-7,12,16H,8-11,13H2,1H3. The first-order chi connectivity index (χ1) is 9.28. The van der Waals surface area contributed by atoms with Gasteiger partial charge in [-0.3, -0.25) is 4.90 Å². The average molecular weight is 275 g/mol. The SMILES string of the molecule is CN1CCN(CC2(c3ccccc3)NC=CS2)CC1. The van der Waals surface area contributed by atoms with E-state index in [4.69, 9.17) is 0 Å². The number of likely N-dealkylation sites (N-methyl/N-ethyl adjacent to an activating group) is 1. The fraction of sp³-hybridized carbons (Fsp3) is 0.467. The number of nitrogens with one attached hydrogen (secondary N) is 1. The van der Waals surface area contributed by atoms with E-state index < -0.39 is 0 Å². The van der Waals surface area contributed by atoms with Gasteiger partial charge in [-0.2, -0.15) is 0 Å². The first-order valence-electron chi connectivity index (χ1n) is 6.85. The molecule has 1 aromatic rings. The normalized spacial score (nSPS) is 28.5. The summed E-state index contributed by atoms with van der Waals surface area (Å²) in [5.41, 5.74) is 1.36. The molecular formula is C15H21N3S. The Morgan fingerprint density at radius 1 is 1.16 bits per heavy atom. The van der Waals surface area contributed by atoms with Crippen LogP contribution in [0.1, 0.15) is 5.56 Å². The minimum atomic E-state index is -0.00281. The molecular weight excluding hydrogens is 254 g/mol. The average Bonchev–Trinajstić information content (AvgIpc) is 2.92. The molecule has 0 saturated carbocycles. The molecule has 1 atom stereocenters. The Balaban J connectivity index is 1.75. The molecule has 0 bridgehead atoms. The predicted molar refractivity (Wildman–Crippen MR) is 81.9 cm³/mol. The first-order valence-corrected chi connectivity index (χ1v) is 7.73. The Labute approximate surface area is 119 Å². The molecule has 1 N–H and O–H groups in total. The van der Waals surface area contributed by atoms with Crippen molar-refractivity contribution >= 4 is 11.8 Å². The zero-order valence-electron chi connectivity index (χ0n) is 11.4. The van der Waals surface area contributed by atoms with Crippen molar-refractivity contribution < 1.29 is 0 Å². The minimum Gasteiger partial charge on any atom is -0.371 e. The van der Waals surface area contributed by atoms with Crippen LogP contribution in [0.3, 0.4) is 0 Å². The maximum absolute atomic E-state index is 3.57. The minimum absolute atomic E-state index is 0.00281. The number of rotatable bonds is 3. The molecule has 102 valence electrons. The van der Waals surface area contributed by atoms with Crippen molar-refractivity contribution in [2.24, 2.45) is 0 Å². The summed E-state index contributed by atoms with van der Waals surface area (Å²) in [7, 11) is 2.20. The lowest BCUT2D eigenvalue weighted by Gasteiger charge is -2.39. The van der Waals surface area contributed by atoms with Crippen LogP contribution >= 0.6 is 11.8 Å². The third-order valence-electron chi connectivity index (χ3n) is 3.94. The highest BCUT2D eigenvalue weighted by atomic mass is 32.2. The molecule has 2 aliphatic rings. The number of piperazine rings is 1. The Morgan fingerprint density at radius 2 is 1.89 bits per heavy atom. The second kappa shape index (κ2) is 5.57. The lowest BCUT2D eigenvalue weighted by Crippen LogP contribution is -2.51. The number of hydrogen-bond donors (Lipinski definition) is 1. The smallest absolute Gasteiger partial charge is 0.126 e. The van der Waals surface area contributed by atoms with Gasteiger partial charge >= 0.3 is 0 Å². The van der Waals surface area contributed by atoms with E-state index in [1.807, 2.05) is 11.8 Å². The molecule has 0 radical (unpaired) electrons. The van der Waals surface area contributed by atoms with Crippen molar-refractivity contribution in [3.05, 3.63) is 47.5 Å². The Morgan fingerprint density at radius 3 is 2.53 bits per heavy atom. The van der Waals surface area contributed by atoms with Crippen LogP contribution in [-0.2, 0) is 4.87 Å². The quantitative estimate of drug-likeness (QED) is 0.907. The molecule has 1 unspecified atom stereocenters. The van der Waals surface area contributed by atoms with Crippen LogP contribution in [0.15, 0.2) is 41.9 Å². The Hall–Kier alpha value is -0.970. The molecule has 1 saturated heterocycles. The van der Waals surface area contributed by atoms with Gasteiger partial charge in [0.1, 0.15) is 4.87 Å². The van der Waals surface area contributed by atoms with E-state index >= 15 is 0 Å². The second-order valence-corrected chi connectivity index (χ2v) is 6.54. The van der Waals surface area contributed by atoms with Gasteiger partial charge in [0.15, 0.2) is 0 Å². The summed E-state index contributed by atoms with van der Waals surface area (Å²) in [4.78, 5) is 4.97. The molecule has 0 aliphatic carbocycles. The van der Waals surface area contributed by atoms with Crippen molar-refractivity contribution in [2.75, 3.05) is 39.8 Å². The van der Waals surface area contributed by atoms with Gasteiger partial charge in [-0.25, -0.2) is 0 Å². The Kier molecular flexibility index (Phi) is 3.82. The van der Waals surface area contributed by atoms with Gasteiger partial charge in [0.25, 0.3) is 0 Å². The lowest BCUT2D eigenvalue weighted by atomic mass is 10.1. The summed E-state index contributed by atoms with van der Waals surface area (Å²) in [5, 5.41) is 5.74. The molecule has 3 nitrogen and oxygen atoms in total. The molecule has 2 aliphatic heterocycles. The fourth-order valence-corrected chi connectivity index (χ4v) is 3.74. The number of benzene rings is 1. The predicted octanol–water partition coefficient (Wildman–Crippen LogP) is 1.89. The highest BCUT2D eigenvalue weighted by molar-refractivity contribution is 8.03. The van der Waals surface area contributed by atoms with Crippen LogP contribution < -0.4 is 5.32 Å². The number of thioether (sulfide) groups is 1. The third-order valence-corrected chi connectivity index (χ3v) is 5.09. The van der Waals surface area contributed by atoms with Gasteiger partial charge in [0, 0.05) is 38.9 Å². The van der Waals surface area contributed by atoms with Gasteiger partial charge in [0.05, 0.1) is 0 Å². The highest BCUT2D eigenvalue weighted by Crippen LogP contribution is 2.39. The molecule has 0 aromatic heterocycles. The summed E-state index contributed by atoms with van der Waals surface area (Å²) in [6.45, 7) is 5.72. The van der Waals surface area contributed by atoms with Crippen LogP contribution in [0.5, 0.6) is 0 Å². The topological polar surface area (TPSA) is 18.5 Å². The van der Waals surface area contributed by atoms with E-state index in [-0.39, 0.29) is 4.87 Å². The Bertz CT molecular complexity index is 430. The zero-order chi connectivity index (χ0) is 13.1. The summed E-state index contributed by atoms with van der Waals surface area (Å²) in [5.74, 6) is 0. The van der Waals surface area contributed by atoms with Gasteiger partial charge in [0.2, 0.25) is 0 Å². The van der Waals surface area contributed by atoms with Crippen LogP contribution in [0.2, 0.25) is 0 Å². The maximum atomic E-state index is 3.57. The zero-order valence-corrected chi connectivity index (χ0v) is 12.2. The van der Waals surface area contributed by atoms with Crippen molar-refractivity contribution in [1.82, 2.24) is 15.1 Å². The summed E-state index contributed by atoms with van der Waals surface area (Å²) < 4.78 is 0. The summed E-state index contributed by atoms with van der Waals surface area (Å²) >= 11 is 1.89. The number of hydrogen-bond acceptors (Lipinski definition) is 4. The largest absolute Gasteiger partial charge is 0.371 e. The molecule has 4 heteroatoms. The van der Waals surface area contributed by atoms with E-state index in [2.05, 4.69) is 64.1 Å².